The van der Waals surface area contributed by atoms with E-state index >= 15 is 0 Å². The Morgan fingerprint density at radius 2 is 2.22 bits per heavy atom. The number of nitrogens with zero attached hydrogens (tertiary/aromatic N) is 1. The molecule has 1 fully saturated rings. The second-order valence-electron chi connectivity index (χ2n) is 4.82. The van der Waals surface area contributed by atoms with Gasteiger partial charge < -0.3 is 11.1 Å². The predicted molar refractivity (Wildman–Crippen MR) is 66.4 cm³/mol. The van der Waals surface area contributed by atoms with Gasteiger partial charge in [0.25, 0.3) is 5.91 Å². The maximum atomic E-state index is 11.7. The monoisotopic (exact) mass is 255 g/mol. The molecule has 0 spiro atoms. The number of carbonyl (C=O) groups excluding carboxylic acids is 3. The van der Waals surface area contributed by atoms with Crippen molar-refractivity contribution in [1.82, 2.24) is 10.2 Å². The molecule has 0 saturated carbocycles. The number of rotatable bonds is 5. The zero-order chi connectivity index (χ0) is 13.7. The van der Waals surface area contributed by atoms with E-state index in [-0.39, 0.29) is 23.8 Å². The lowest BCUT2D eigenvalue weighted by Gasteiger charge is -2.28. The van der Waals surface area contributed by atoms with Crippen molar-refractivity contribution < 1.29 is 14.4 Å². The third-order valence-electron chi connectivity index (χ3n) is 3.05. The minimum Gasteiger partial charge on any atom is -0.344 e. The Morgan fingerprint density at radius 3 is 2.83 bits per heavy atom. The van der Waals surface area contributed by atoms with Crippen molar-refractivity contribution in [3.63, 3.8) is 0 Å². The van der Waals surface area contributed by atoms with Crippen LogP contribution in [0.15, 0.2) is 0 Å². The van der Waals surface area contributed by atoms with Gasteiger partial charge in [0.15, 0.2) is 0 Å². The van der Waals surface area contributed by atoms with Gasteiger partial charge in [0.1, 0.15) is 6.04 Å². The van der Waals surface area contributed by atoms with Crippen LogP contribution in [0.2, 0.25) is 0 Å². The summed E-state index contributed by atoms with van der Waals surface area (Å²) in [6.07, 6.45) is 2.54. The van der Waals surface area contributed by atoms with Crippen LogP contribution >= 0.6 is 0 Å². The molecule has 1 heterocycles. The fourth-order valence-corrected chi connectivity index (χ4v) is 1.90. The van der Waals surface area contributed by atoms with Crippen molar-refractivity contribution in [3.05, 3.63) is 0 Å². The molecular formula is C12H21N3O3. The topological polar surface area (TPSA) is 92.5 Å². The van der Waals surface area contributed by atoms with Gasteiger partial charge in [0, 0.05) is 25.9 Å². The first-order valence-electron chi connectivity index (χ1n) is 6.27. The van der Waals surface area contributed by atoms with Crippen LogP contribution in [0.1, 0.15) is 39.0 Å². The summed E-state index contributed by atoms with van der Waals surface area (Å²) in [5.41, 5.74) is 5.59. The highest BCUT2D eigenvalue weighted by molar-refractivity contribution is 6.01. The number of hydrogen-bond acceptors (Lipinski definition) is 4. The van der Waals surface area contributed by atoms with Crippen LogP contribution in [0, 0.1) is 0 Å². The maximum Gasteiger partial charge on any atom is 0.251 e. The second-order valence-corrected chi connectivity index (χ2v) is 4.82. The van der Waals surface area contributed by atoms with E-state index in [0.29, 0.717) is 25.7 Å². The fourth-order valence-electron chi connectivity index (χ4n) is 1.90. The molecule has 6 nitrogen and oxygen atoms in total. The lowest BCUT2D eigenvalue weighted by Crippen LogP contribution is -2.52. The Labute approximate surface area is 107 Å². The van der Waals surface area contributed by atoms with Crippen LogP contribution in [0.4, 0.5) is 0 Å². The van der Waals surface area contributed by atoms with Crippen molar-refractivity contribution in [2.45, 2.75) is 51.1 Å². The average Bonchev–Trinajstić information content (AvgIpc) is 2.29. The van der Waals surface area contributed by atoms with Crippen molar-refractivity contribution in [1.29, 1.82) is 0 Å². The number of imide groups is 1. The third-order valence-corrected chi connectivity index (χ3v) is 3.05. The number of amides is 3. The molecule has 2 atom stereocenters. The van der Waals surface area contributed by atoms with Gasteiger partial charge in [-0.15, -0.1) is 0 Å². The number of likely N-dealkylation sites (N-methyl/N-ethyl adjacent to an activating group) is 1. The molecule has 3 N–H and O–H groups in total. The number of likely N-dealkylation sites (tertiary alicyclic amines) is 1. The number of hydrogen-bond donors (Lipinski definition) is 2. The number of nitrogens with one attached hydrogen (secondary N) is 1. The van der Waals surface area contributed by atoms with E-state index in [1.54, 1.807) is 0 Å². The highest BCUT2D eigenvalue weighted by Crippen LogP contribution is 2.11. The zero-order valence-corrected chi connectivity index (χ0v) is 10.9. The average molecular weight is 255 g/mol. The van der Waals surface area contributed by atoms with Gasteiger partial charge in [-0.05, 0) is 26.2 Å². The highest BCUT2D eigenvalue weighted by Gasteiger charge is 2.32. The summed E-state index contributed by atoms with van der Waals surface area (Å²) >= 11 is 0. The Balaban J connectivity index is 2.36. The summed E-state index contributed by atoms with van der Waals surface area (Å²) in [5.74, 6) is -0.675. The first-order valence-corrected chi connectivity index (χ1v) is 6.27. The summed E-state index contributed by atoms with van der Waals surface area (Å²) in [4.78, 5) is 35.7. The number of nitrogens with two attached hydrogens (primary N) is 1. The second kappa shape index (κ2) is 6.49. The third kappa shape index (κ3) is 4.10. The van der Waals surface area contributed by atoms with Gasteiger partial charge in [0.05, 0.1) is 0 Å². The van der Waals surface area contributed by atoms with E-state index in [4.69, 9.17) is 5.73 Å². The van der Waals surface area contributed by atoms with Crippen molar-refractivity contribution >= 4 is 17.7 Å². The van der Waals surface area contributed by atoms with Gasteiger partial charge >= 0.3 is 0 Å². The van der Waals surface area contributed by atoms with E-state index in [9.17, 15) is 14.4 Å². The zero-order valence-electron chi connectivity index (χ0n) is 10.9. The summed E-state index contributed by atoms with van der Waals surface area (Å²) in [6, 6.07) is -0.478. The molecular weight excluding hydrogens is 234 g/mol. The quantitative estimate of drug-likeness (QED) is 0.664. The maximum absolute atomic E-state index is 11.7. The molecule has 1 rings (SSSR count). The molecule has 2 unspecified atom stereocenters. The normalized spacial score (nSPS) is 21.9. The van der Waals surface area contributed by atoms with Gasteiger partial charge in [0.2, 0.25) is 11.8 Å². The van der Waals surface area contributed by atoms with E-state index in [2.05, 4.69) is 5.32 Å². The van der Waals surface area contributed by atoms with Crippen molar-refractivity contribution in [2.75, 3.05) is 7.05 Å². The number of piperidine rings is 1. The summed E-state index contributed by atoms with van der Waals surface area (Å²) < 4.78 is 0. The standard InChI is InChI=1S/C12H21N3O3/c1-8(13)4-3-5-10(16)14-9-6-7-11(17)15(2)12(9)18/h8-9H,3-7,13H2,1-2H3,(H,14,16). The Bertz CT molecular complexity index is 341. The van der Waals surface area contributed by atoms with Crippen LogP contribution in [-0.4, -0.2) is 41.8 Å². The molecule has 1 saturated heterocycles. The van der Waals surface area contributed by atoms with E-state index < -0.39 is 6.04 Å². The van der Waals surface area contributed by atoms with Crippen LogP contribution in [0.25, 0.3) is 0 Å². The van der Waals surface area contributed by atoms with Crippen LogP contribution in [0.3, 0.4) is 0 Å². The number of carbonyl (C=O) groups is 3. The van der Waals surface area contributed by atoms with Crippen LogP contribution in [0.5, 0.6) is 0 Å². The summed E-state index contributed by atoms with van der Waals surface area (Å²) in [7, 11) is 1.44. The van der Waals surface area contributed by atoms with Crippen LogP contribution in [-0.2, 0) is 14.4 Å². The largest absolute Gasteiger partial charge is 0.344 e. The Kier molecular flexibility index (Phi) is 5.27. The van der Waals surface area contributed by atoms with Crippen molar-refractivity contribution in [3.8, 4) is 0 Å². The van der Waals surface area contributed by atoms with Crippen LogP contribution < -0.4 is 11.1 Å². The van der Waals surface area contributed by atoms with Gasteiger partial charge in [-0.1, -0.05) is 0 Å². The molecule has 1 aliphatic heterocycles. The Morgan fingerprint density at radius 1 is 1.56 bits per heavy atom. The predicted octanol–water partition coefficient (Wildman–Crippen LogP) is -0.232. The molecule has 18 heavy (non-hydrogen) atoms. The highest BCUT2D eigenvalue weighted by atomic mass is 16.2. The molecule has 6 heteroatoms. The summed E-state index contributed by atoms with van der Waals surface area (Å²) in [5, 5.41) is 2.67. The van der Waals surface area contributed by atoms with Gasteiger partial charge in [-0.25, -0.2) is 0 Å². The molecule has 0 aliphatic carbocycles. The lowest BCUT2D eigenvalue weighted by atomic mass is 10.0. The van der Waals surface area contributed by atoms with Gasteiger partial charge in [-0.3, -0.25) is 19.3 Å². The van der Waals surface area contributed by atoms with Crippen molar-refractivity contribution in [2.24, 2.45) is 5.73 Å². The molecule has 1 aliphatic rings. The van der Waals surface area contributed by atoms with E-state index in [1.165, 1.54) is 7.05 Å². The molecule has 102 valence electrons. The fraction of sp³-hybridized carbons (Fsp3) is 0.750. The first-order chi connectivity index (χ1) is 8.41. The minimum absolute atomic E-state index is 0.0814. The van der Waals surface area contributed by atoms with E-state index in [0.717, 1.165) is 11.3 Å². The van der Waals surface area contributed by atoms with Gasteiger partial charge in [-0.2, -0.15) is 0 Å². The molecule has 0 radical (unpaired) electrons. The molecule has 0 aromatic rings. The Hall–Kier alpha value is -1.43. The first kappa shape index (κ1) is 14.6. The molecule has 0 bridgehead atoms. The van der Waals surface area contributed by atoms with E-state index in [1.807, 2.05) is 6.92 Å². The molecule has 0 aromatic carbocycles. The molecule has 3 amide bonds. The minimum atomic E-state index is -0.560. The lowest BCUT2D eigenvalue weighted by molar-refractivity contribution is -0.149. The molecule has 0 aromatic heterocycles. The smallest absolute Gasteiger partial charge is 0.251 e. The SMILES string of the molecule is CC(N)CCCC(=O)NC1CCC(=O)N(C)C1=O. The summed E-state index contributed by atoms with van der Waals surface area (Å²) in [6.45, 7) is 1.89.